The Hall–Kier alpha value is -2.63. The smallest absolute Gasteiger partial charge is 0.228 e. The molecule has 6 nitrogen and oxygen atoms in total. The van der Waals surface area contributed by atoms with Crippen LogP contribution < -0.4 is 0 Å². The van der Waals surface area contributed by atoms with Gasteiger partial charge in [-0.25, -0.2) is 0 Å². The van der Waals surface area contributed by atoms with E-state index in [1.54, 1.807) is 12.5 Å². The number of furan rings is 1. The van der Waals surface area contributed by atoms with E-state index in [-0.39, 0.29) is 23.7 Å². The summed E-state index contributed by atoms with van der Waals surface area (Å²) in [5.41, 5.74) is 0.783. The fourth-order valence-electron chi connectivity index (χ4n) is 3.46. The van der Waals surface area contributed by atoms with Gasteiger partial charge in [0.2, 0.25) is 11.8 Å². The quantitative estimate of drug-likeness (QED) is 0.850. The molecule has 2 atom stereocenters. The van der Waals surface area contributed by atoms with Crippen molar-refractivity contribution in [3.8, 4) is 0 Å². The molecule has 0 radical (unpaired) electrons. The molecule has 3 heterocycles. The third kappa shape index (κ3) is 3.43. The first-order chi connectivity index (χ1) is 12.2. The third-order valence-corrected chi connectivity index (χ3v) is 5.02. The maximum Gasteiger partial charge on any atom is 0.228 e. The van der Waals surface area contributed by atoms with E-state index in [1.807, 2.05) is 40.1 Å². The van der Waals surface area contributed by atoms with Crippen molar-refractivity contribution >= 4 is 11.8 Å². The van der Waals surface area contributed by atoms with Gasteiger partial charge in [0.05, 0.1) is 12.7 Å². The summed E-state index contributed by atoms with van der Waals surface area (Å²) in [4.78, 5) is 32.9. The minimum absolute atomic E-state index is 0.0434. The van der Waals surface area contributed by atoms with Gasteiger partial charge in [-0.1, -0.05) is 6.07 Å². The number of rotatable bonds is 4. The van der Waals surface area contributed by atoms with Gasteiger partial charge in [0.25, 0.3) is 0 Å². The van der Waals surface area contributed by atoms with Gasteiger partial charge in [-0.2, -0.15) is 0 Å². The molecule has 2 amide bonds. The van der Waals surface area contributed by atoms with Crippen LogP contribution in [0.1, 0.15) is 23.8 Å². The Kier molecular flexibility index (Phi) is 4.26. The van der Waals surface area contributed by atoms with Crippen molar-refractivity contribution in [2.45, 2.75) is 18.8 Å². The van der Waals surface area contributed by atoms with Crippen molar-refractivity contribution in [3.05, 3.63) is 54.2 Å². The molecule has 6 heteroatoms. The number of pyridine rings is 1. The van der Waals surface area contributed by atoms with E-state index in [0.717, 1.165) is 17.9 Å². The van der Waals surface area contributed by atoms with Gasteiger partial charge < -0.3 is 14.2 Å². The Labute approximate surface area is 146 Å². The topological polar surface area (TPSA) is 66.7 Å². The first-order valence-electron chi connectivity index (χ1n) is 8.72. The van der Waals surface area contributed by atoms with Crippen molar-refractivity contribution < 1.29 is 14.0 Å². The van der Waals surface area contributed by atoms with Gasteiger partial charge in [0, 0.05) is 49.9 Å². The van der Waals surface area contributed by atoms with Crippen LogP contribution in [0.3, 0.4) is 0 Å². The standard InChI is InChI=1S/C19H21N3O3/c23-18(12-14-4-1-2-6-20-14)21-7-9-22(10-8-21)19(24)16-13-15(16)17-5-3-11-25-17/h1-6,11,15-16H,7-10,12-13H2. The molecule has 2 unspecified atom stereocenters. The van der Waals surface area contributed by atoms with Crippen LogP contribution in [0, 0.1) is 5.92 Å². The van der Waals surface area contributed by atoms with Crippen molar-refractivity contribution in [3.63, 3.8) is 0 Å². The molecular weight excluding hydrogens is 318 g/mol. The lowest BCUT2D eigenvalue weighted by Crippen LogP contribution is -2.51. The fraction of sp³-hybridized carbons (Fsp3) is 0.421. The van der Waals surface area contributed by atoms with Crippen LogP contribution in [0.5, 0.6) is 0 Å². The zero-order valence-electron chi connectivity index (χ0n) is 14.0. The predicted molar refractivity (Wildman–Crippen MR) is 90.7 cm³/mol. The predicted octanol–water partition coefficient (Wildman–Crippen LogP) is 1.69. The van der Waals surface area contributed by atoms with E-state index in [1.165, 1.54) is 0 Å². The van der Waals surface area contributed by atoms with Crippen molar-refractivity contribution in [2.24, 2.45) is 5.92 Å². The average Bonchev–Trinajstić information content (AvgIpc) is 3.26. The van der Waals surface area contributed by atoms with E-state index in [4.69, 9.17) is 4.42 Å². The molecule has 1 saturated carbocycles. The molecule has 0 N–H and O–H groups in total. The highest BCUT2D eigenvalue weighted by molar-refractivity contribution is 5.83. The van der Waals surface area contributed by atoms with Crippen LogP contribution in [0.2, 0.25) is 0 Å². The molecule has 130 valence electrons. The largest absolute Gasteiger partial charge is 0.469 e. The van der Waals surface area contributed by atoms with E-state index >= 15 is 0 Å². The lowest BCUT2D eigenvalue weighted by Gasteiger charge is -2.35. The first kappa shape index (κ1) is 15.9. The van der Waals surface area contributed by atoms with Gasteiger partial charge in [0.15, 0.2) is 0 Å². The highest BCUT2D eigenvalue weighted by Gasteiger charge is 2.47. The average molecular weight is 339 g/mol. The Morgan fingerprint density at radius 2 is 1.88 bits per heavy atom. The normalized spacial score (nSPS) is 22.7. The van der Waals surface area contributed by atoms with Gasteiger partial charge in [-0.15, -0.1) is 0 Å². The molecule has 2 aliphatic rings. The van der Waals surface area contributed by atoms with Crippen LogP contribution in [-0.2, 0) is 16.0 Å². The summed E-state index contributed by atoms with van der Waals surface area (Å²) >= 11 is 0. The summed E-state index contributed by atoms with van der Waals surface area (Å²) in [5.74, 6) is 1.44. The second-order valence-corrected chi connectivity index (χ2v) is 6.67. The van der Waals surface area contributed by atoms with E-state index < -0.39 is 0 Å². The SMILES string of the molecule is O=C(Cc1ccccn1)N1CCN(C(=O)C2CC2c2ccco2)CC1. The Bertz CT molecular complexity index is 737. The number of aromatic nitrogens is 1. The molecule has 1 aliphatic carbocycles. The van der Waals surface area contributed by atoms with E-state index in [2.05, 4.69) is 4.98 Å². The fourth-order valence-corrected chi connectivity index (χ4v) is 3.46. The number of hydrogen-bond donors (Lipinski definition) is 0. The monoisotopic (exact) mass is 339 g/mol. The van der Waals surface area contributed by atoms with Crippen LogP contribution in [-0.4, -0.2) is 52.8 Å². The highest BCUT2D eigenvalue weighted by atomic mass is 16.3. The second-order valence-electron chi connectivity index (χ2n) is 6.67. The summed E-state index contributed by atoms with van der Waals surface area (Å²) in [6.07, 6.45) is 4.54. The Morgan fingerprint density at radius 1 is 1.08 bits per heavy atom. The zero-order chi connectivity index (χ0) is 17.2. The molecule has 2 aromatic rings. The maximum atomic E-state index is 12.6. The van der Waals surface area contributed by atoms with Crippen LogP contribution in [0.25, 0.3) is 0 Å². The maximum absolute atomic E-state index is 12.6. The molecule has 1 aliphatic heterocycles. The second kappa shape index (κ2) is 6.70. The van der Waals surface area contributed by atoms with Gasteiger partial charge in [-0.3, -0.25) is 14.6 Å². The first-order valence-corrected chi connectivity index (χ1v) is 8.72. The number of hydrogen-bond acceptors (Lipinski definition) is 4. The third-order valence-electron chi connectivity index (χ3n) is 5.02. The van der Waals surface area contributed by atoms with E-state index in [9.17, 15) is 9.59 Å². The molecule has 25 heavy (non-hydrogen) atoms. The van der Waals surface area contributed by atoms with E-state index in [0.29, 0.717) is 32.6 Å². The van der Waals surface area contributed by atoms with Crippen molar-refractivity contribution in [1.82, 2.24) is 14.8 Å². The van der Waals surface area contributed by atoms with Crippen LogP contribution in [0.4, 0.5) is 0 Å². The van der Waals surface area contributed by atoms with Gasteiger partial charge in [0.1, 0.15) is 5.76 Å². The summed E-state index contributed by atoms with van der Waals surface area (Å²) in [6.45, 7) is 2.40. The molecule has 2 fully saturated rings. The lowest BCUT2D eigenvalue weighted by molar-refractivity contribution is -0.140. The summed E-state index contributed by atoms with van der Waals surface area (Å²) in [5, 5.41) is 0. The Morgan fingerprint density at radius 3 is 2.56 bits per heavy atom. The highest BCUT2D eigenvalue weighted by Crippen LogP contribution is 2.48. The molecule has 2 aromatic heterocycles. The molecule has 4 rings (SSSR count). The minimum atomic E-state index is 0.0434. The number of nitrogens with zero attached hydrogens (tertiary/aromatic N) is 3. The number of carbonyl (C=O) groups excluding carboxylic acids is 2. The molecule has 0 aromatic carbocycles. The molecule has 0 bridgehead atoms. The summed E-state index contributed by atoms with van der Waals surface area (Å²) < 4.78 is 5.40. The number of piperazine rings is 1. The van der Waals surface area contributed by atoms with Gasteiger partial charge in [-0.05, 0) is 30.7 Å². The van der Waals surface area contributed by atoms with Crippen LogP contribution >= 0.6 is 0 Å². The number of amides is 2. The molecule has 0 spiro atoms. The zero-order valence-corrected chi connectivity index (χ0v) is 14.0. The minimum Gasteiger partial charge on any atom is -0.469 e. The number of carbonyl (C=O) groups is 2. The lowest BCUT2D eigenvalue weighted by atomic mass is 10.2. The summed E-state index contributed by atoms with van der Waals surface area (Å²) in [6, 6.07) is 9.39. The van der Waals surface area contributed by atoms with Crippen molar-refractivity contribution in [1.29, 1.82) is 0 Å². The summed E-state index contributed by atoms with van der Waals surface area (Å²) in [7, 11) is 0. The Balaban J connectivity index is 1.27. The van der Waals surface area contributed by atoms with Crippen molar-refractivity contribution in [2.75, 3.05) is 26.2 Å². The molecular formula is C19H21N3O3. The van der Waals surface area contributed by atoms with Crippen LogP contribution in [0.15, 0.2) is 47.2 Å². The van der Waals surface area contributed by atoms with Gasteiger partial charge >= 0.3 is 0 Å². The molecule has 1 saturated heterocycles.